The summed E-state index contributed by atoms with van der Waals surface area (Å²) < 4.78 is 26.7. The molecule has 2 aliphatic heterocycles. The molecule has 0 unspecified atom stereocenters. The second-order valence-electron chi connectivity index (χ2n) is 12.4. The zero-order valence-electron chi connectivity index (χ0n) is 29.7. The van der Waals surface area contributed by atoms with E-state index in [1.807, 2.05) is 18.2 Å². The van der Waals surface area contributed by atoms with Crippen LogP contribution in [-0.2, 0) is 22.6 Å². The average Bonchev–Trinajstić information content (AvgIpc) is 3.81. The lowest BCUT2D eigenvalue weighted by molar-refractivity contribution is 0.0323. The summed E-state index contributed by atoms with van der Waals surface area (Å²) in [6.45, 7) is 11.4. The molecule has 8 nitrogen and oxygen atoms in total. The molecular formula is C42H50Cl2N4O4. The topological polar surface area (TPSA) is 62.0 Å². The van der Waals surface area contributed by atoms with Crippen LogP contribution in [-0.4, -0.2) is 92.3 Å². The smallest absolute Gasteiger partial charge is 0.128 e. The molecule has 2 fully saturated rings. The second kappa shape index (κ2) is 21.5. The molecule has 0 saturated carbocycles. The fourth-order valence-corrected chi connectivity index (χ4v) is 6.33. The molecule has 4 heterocycles. The average molecular weight is 746 g/mol. The molecular weight excluding hydrogens is 695 g/mol. The summed E-state index contributed by atoms with van der Waals surface area (Å²) in [4.78, 5) is 2.39. The molecule has 2 aromatic heterocycles. The fraction of sp³-hybridized carbons (Fsp3) is 0.333. The number of benzene rings is 4. The van der Waals surface area contributed by atoms with Crippen LogP contribution in [0.25, 0.3) is 21.8 Å². The monoisotopic (exact) mass is 744 g/mol. The Morgan fingerprint density at radius 2 is 1.08 bits per heavy atom. The van der Waals surface area contributed by atoms with E-state index in [2.05, 4.69) is 123 Å². The lowest BCUT2D eigenvalue weighted by Gasteiger charge is -2.26. The van der Waals surface area contributed by atoms with Gasteiger partial charge in [0.1, 0.15) is 24.7 Å². The number of nitrogens with one attached hydrogen (secondary N) is 1. The molecule has 276 valence electrons. The number of aromatic nitrogens is 2. The molecule has 10 heteroatoms. The third kappa shape index (κ3) is 11.5. The van der Waals surface area contributed by atoms with E-state index in [9.17, 15) is 0 Å². The summed E-state index contributed by atoms with van der Waals surface area (Å²) in [6, 6.07) is 37.7. The molecule has 2 aliphatic rings. The minimum atomic E-state index is 0. The zero-order chi connectivity index (χ0) is 34.9. The Kier molecular flexibility index (Phi) is 16.2. The van der Waals surface area contributed by atoms with E-state index in [0.29, 0.717) is 19.1 Å². The molecule has 0 bridgehead atoms. The number of hydrogen-bond acceptors (Lipinski definition) is 6. The van der Waals surface area contributed by atoms with E-state index in [1.165, 1.54) is 27.5 Å². The number of nitrogens with zero attached hydrogens (tertiary/aromatic N) is 3. The summed E-state index contributed by atoms with van der Waals surface area (Å²) in [5.74, 6) is 2.37. The summed E-state index contributed by atoms with van der Waals surface area (Å²) in [6.07, 6.45) is 4.25. The maximum absolute atomic E-state index is 6.09. The minimum absolute atomic E-state index is 0. The Labute approximate surface area is 318 Å². The van der Waals surface area contributed by atoms with Gasteiger partial charge in [-0.25, -0.2) is 0 Å². The lowest BCUT2D eigenvalue weighted by Crippen LogP contribution is -2.38. The standard InChI is InChI=1S/C21H24N2O2.C17H16ClNO.C4H9NO.ClH/c1-2-5-18(6-3-1)17-23-10-9-19-20(23)7-4-8-21(19)25-16-13-22-11-14-24-15-12-22;18-10-12-20-17-8-4-7-16-15(17)9-11-19(16)13-14-5-2-1-3-6-14;1-3-6-4-2-5-1;/h1-10H,11-17H2;1-9,11H,10,12-13H2;5H,1-4H2;1H. The molecule has 0 radical (unpaired) electrons. The van der Waals surface area contributed by atoms with Crippen LogP contribution < -0.4 is 14.8 Å². The number of hydrogen-bond donors (Lipinski definition) is 1. The minimum Gasteiger partial charge on any atom is -0.492 e. The molecule has 8 rings (SSSR count). The van der Waals surface area contributed by atoms with Crippen molar-refractivity contribution in [2.45, 2.75) is 13.1 Å². The second-order valence-corrected chi connectivity index (χ2v) is 12.8. The van der Waals surface area contributed by atoms with Crippen LogP contribution in [0.2, 0.25) is 0 Å². The predicted molar refractivity (Wildman–Crippen MR) is 215 cm³/mol. The van der Waals surface area contributed by atoms with Crippen LogP contribution in [0, 0.1) is 0 Å². The first-order valence-electron chi connectivity index (χ1n) is 17.9. The van der Waals surface area contributed by atoms with E-state index in [1.54, 1.807) is 0 Å². The molecule has 2 saturated heterocycles. The highest BCUT2D eigenvalue weighted by atomic mass is 35.5. The van der Waals surface area contributed by atoms with Crippen molar-refractivity contribution in [1.82, 2.24) is 19.4 Å². The number of rotatable bonds is 11. The fourth-order valence-electron chi connectivity index (χ4n) is 6.25. The van der Waals surface area contributed by atoms with Crippen LogP contribution in [0.3, 0.4) is 0 Å². The molecule has 1 N–H and O–H groups in total. The van der Waals surface area contributed by atoms with Crippen LogP contribution in [0.15, 0.2) is 122 Å². The number of alkyl halides is 1. The number of morpholine rings is 2. The van der Waals surface area contributed by atoms with Crippen molar-refractivity contribution in [2.24, 2.45) is 0 Å². The van der Waals surface area contributed by atoms with Crippen molar-refractivity contribution in [2.75, 3.05) is 78.2 Å². The van der Waals surface area contributed by atoms with Gasteiger partial charge in [0.15, 0.2) is 0 Å². The van der Waals surface area contributed by atoms with Crippen LogP contribution in [0.4, 0.5) is 0 Å². The molecule has 0 spiro atoms. The van der Waals surface area contributed by atoms with E-state index >= 15 is 0 Å². The number of fused-ring (bicyclic) bond motifs is 2. The first-order chi connectivity index (χ1) is 25.3. The van der Waals surface area contributed by atoms with Gasteiger partial charge in [-0.15, -0.1) is 24.0 Å². The van der Waals surface area contributed by atoms with E-state index in [4.69, 9.17) is 30.5 Å². The van der Waals surface area contributed by atoms with Gasteiger partial charge in [-0.05, 0) is 47.5 Å². The Morgan fingerprint density at radius 3 is 1.54 bits per heavy atom. The first kappa shape index (κ1) is 39.2. The molecule has 52 heavy (non-hydrogen) atoms. The highest BCUT2D eigenvalue weighted by Gasteiger charge is 2.12. The van der Waals surface area contributed by atoms with Crippen LogP contribution in [0.5, 0.6) is 11.5 Å². The third-order valence-corrected chi connectivity index (χ3v) is 9.04. The van der Waals surface area contributed by atoms with E-state index < -0.39 is 0 Å². The van der Waals surface area contributed by atoms with Crippen molar-refractivity contribution >= 4 is 45.8 Å². The molecule has 0 atom stereocenters. The Hall–Kier alpha value is -4.02. The predicted octanol–water partition coefficient (Wildman–Crippen LogP) is 7.74. The normalized spacial score (nSPS) is 14.4. The quantitative estimate of drug-likeness (QED) is 0.137. The highest BCUT2D eigenvalue weighted by Crippen LogP contribution is 2.28. The van der Waals surface area contributed by atoms with Gasteiger partial charge in [-0.2, -0.15) is 0 Å². The highest BCUT2D eigenvalue weighted by molar-refractivity contribution is 6.18. The summed E-state index contributed by atoms with van der Waals surface area (Å²) >= 11 is 5.68. The Morgan fingerprint density at radius 1 is 0.577 bits per heavy atom. The Balaban J connectivity index is 0.000000173. The van der Waals surface area contributed by atoms with Gasteiger partial charge < -0.3 is 33.4 Å². The van der Waals surface area contributed by atoms with Crippen molar-refractivity contribution in [3.8, 4) is 11.5 Å². The molecule has 6 aromatic rings. The van der Waals surface area contributed by atoms with Gasteiger partial charge >= 0.3 is 0 Å². The summed E-state index contributed by atoms with van der Waals surface area (Å²) in [5.41, 5.74) is 4.99. The zero-order valence-corrected chi connectivity index (χ0v) is 31.3. The first-order valence-corrected chi connectivity index (χ1v) is 18.5. The van der Waals surface area contributed by atoms with Crippen molar-refractivity contribution < 1.29 is 18.9 Å². The number of halogens is 2. The summed E-state index contributed by atoms with van der Waals surface area (Å²) in [5, 5.41) is 5.47. The maximum atomic E-state index is 6.09. The van der Waals surface area contributed by atoms with Crippen LogP contribution in [0.1, 0.15) is 11.1 Å². The largest absolute Gasteiger partial charge is 0.492 e. The molecule has 4 aromatic carbocycles. The third-order valence-electron chi connectivity index (χ3n) is 8.89. The van der Waals surface area contributed by atoms with E-state index in [-0.39, 0.29) is 12.4 Å². The van der Waals surface area contributed by atoms with E-state index in [0.717, 1.165) is 89.1 Å². The Bertz CT molecular complexity index is 1860. The SMILES string of the molecule is C1COCCN1.Cl.ClCCOc1cccc2c1ccn2Cc1ccccc1.c1ccc(Cn2ccc3c(OCCN4CCOCC4)cccc32)cc1. The number of ether oxygens (including phenoxy) is 4. The maximum Gasteiger partial charge on any atom is 0.128 e. The van der Waals surface area contributed by atoms with Gasteiger partial charge in [0.2, 0.25) is 0 Å². The van der Waals surface area contributed by atoms with Gasteiger partial charge in [0, 0.05) is 69.0 Å². The van der Waals surface area contributed by atoms with Gasteiger partial charge in [0.05, 0.1) is 43.3 Å². The van der Waals surface area contributed by atoms with Gasteiger partial charge in [0.25, 0.3) is 0 Å². The van der Waals surface area contributed by atoms with Gasteiger partial charge in [-0.3, -0.25) is 4.90 Å². The van der Waals surface area contributed by atoms with Gasteiger partial charge in [-0.1, -0.05) is 72.8 Å². The molecule has 0 aliphatic carbocycles. The van der Waals surface area contributed by atoms with Crippen LogP contribution >= 0.6 is 24.0 Å². The van der Waals surface area contributed by atoms with Crippen molar-refractivity contribution in [3.63, 3.8) is 0 Å². The van der Waals surface area contributed by atoms with Crippen molar-refractivity contribution in [1.29, 1.82) is 0 Å². The summed E-state index contributed by atoms with van der Waals surface area (Å²) in [7, 11) is 0. The lowest BCUT2D eigenvalue weighted by atomic mass is 10.2. The molecule has 0 amide bonds. The van der Waals surface area contributed by atoms with Crippen molar-refractivity contribution in [3.05, 3.63) is 133 Å².